The van der Waals surface area contributed by atoms with E-state index in [0.717, 1.165) is 37.1 Å². The normalized spacial score (nSPS) is 21.0. The zero-order chi connectivity index (χ0) is 13.9. The Labute approximate surface area is 132 Å². The lowest BCUT2D eigenvalue weighted by Gasteiger charge is -2.33. The molecule has 0 aliphatic carbocycles. The molecule has 0 spiro atoms. The predicted molar refractivity (Wildman–Crippen MR) is 86.4 cm³/mol. The number of benzene rings is 1. The molecule has 2 aliphatic heterocycles. The predicted octanol–water partition coefficient (Wildman–Crippen LogP) is 2.72. The van der Waals surface area contributed by atoms with Crippen LogP contribution in [0.4, 0.5) is 5.69 Å². The summed E-state index contributed by atoms with van der Waals surface area (Å²) in [6.07, 6.45) is 3.23. The minimum atomic E-state index is 0. The third kappa shape index (κ3) is 3.33. The Balaban J connectivity index is 0.00000161. The van der Waals surface area contributed by atoms with Gasteiger partial charge in [-0.15, -0.1) is 12.4 Å². The summed E-state index contributed by atoms with van der Waals surface area (Å²) < 4.78 is 5.65. The van der Waals surface area contributed by atoms with Crippen LogP contribution in [-0.4, -0.2) is 43.2 Å². The van der Waals surface area contributed by atoms with E-state index in [1.165, 1.54) is 5.56 Å². The Morgan fingerprint density at radius 3 is 3.14 bits per heavy atom. The van der Waals surface area contributed by atoms with Crippen LogP contribution in [0.5, 0.6) is 0 Å². The molecule has 1 saturated heterocycles. The number of nitrogens with zero attached hydrogens (tertiary/aromatic N) is 1. The molecular formula is C16H23ClN2O2. The van der Waals surface area contributed by atoms with Gasteiger partial charge in [-0.3, -0.25) is 4.79 Å². The Morgan fingerprint density at radius 2 is 2.33 bits per heavy atom. The number of hydrogen-bond acceptors (Lipinski definition) is 3. The van der Waals surface area contributed by atoms with E-state index in [4.69, 9.17) is 4.74 Å². The highest BCUT2D eigenvalue weighted by atomic mass is 35.5. The quantitative estimate of drug-likeness (QED) is 0.913. The lowest BCUT2D eigenvalue weighted by molar-refractivity contribution is -0.0226. The first-order valence-corrected chi connectivity index (χ1v) is 7.56. The number of anilines is 1. The van der Waals surface area contributed by atoms with E-state index in [1.54, 1.807) is 0 Å². The van der Waals surface area contributed by atoms with Crippen molar-refractivity contribution >= 4 is 24.0 Å². The number of halogens is 1. The molecule has 0 radical (unpaired) electrons. The molecule has 1 atom stereocenters. The average Bonchev–Trinajstić information content (AvgIpc) is 2.53. The van der Waals surface area contributed by atoms with Gasteiger partial charge in [-0.25, -0.2) is 0 Å². The van der Waals surface area contributed by atoms with Crippen molar-refractivity contribution in [2.45, 2.75) is 32.3 Å². The molecule has 2 aliphatic rings. The van der Waals surface area contributed by atoms with Gasteiger partial charge in [0.05, 0.1) is 12.7 Å². The number of fused-ring (bicyclic) bond motifs is 1. The Bertz CT molecular complexity index is 507. The van der Waals surface area contributed by atoms with Gasteiger partial charge in [0.2, 0.25) is 0 Å². The van der Waals surface area contributed by atoms with Crippen LogP contribution in [0.15, 0.2) is 18.2 Å². The highest BCUT2D eigenvalue weighted by Gasteiger charge is 2.26. The molecule has 0 saturated carbocycles. The summed E-state index contributed by atoms with van der Waals surface area (Å²) in [5, 5.41) is 3.39. The number of ether oxygens (including phenoxy) is 1. The molecule has 1 aromatic rings. The fraction of sp³-hybridized carbons (Fsp3) is 0.562. The van der Waals surface area contributed by atoms with Crippen LogP contribution < -0.4 is 5.32 Å². The highest BCUT2D eigenvalue weighted by molar-refractivity contribution is 5.97. The maximum absolute atomic E-state index is 12.8. The van der Waals surface area contributed by atoms with Crippen molar-refractivity contribution in [2.24, 2.45) is 0 Å². The maximum atomic E-state index is 12.8. The summed E-state index contributed by atoms with van der Waals surface area (Å²) in [4.78, 5) is 14.7. The Hall–Kier alpha value is -1.26. The molecule has 1 amide bonds. The number of hydrogen-bond donors (Lipinski definition) is 1. The molecule has 116 valence electrons. The fourth-order valence-corrected chi connectivity index (χ4v) is 3.03. The lowest BCUT2D eigenvalue weighted by Crippen LogP contribution is -2.45. The second-order valence-corrected chi connectivity index (χ2v) is 5.51. The average molecular weight is 311 g/mol. The minimum absolute atomic E-state index is 0. The monoisotopic (exact) mass is 310 g/mol. The minimum Gasteiger partial charge on any atom is -0.385 e. The van der Waals surface area contributed by atoms with Crippen LogP contribution in [-0.2, 0) is 11.2 Å². The summed E-state index contributed by atoms with van der Waals surface area (Å²) in [5.74, 6) is 0.160. The fourth-order valence-electron chi connectivity index (χ4n) is 3.03. The number of nitrogens with one attached hydrogen (secondary N) is 1. The second-order valence-electron chi connectivity index (χ2n) is 5.51. The molecule has 2 heterocycles. The largest absolute Gasteiger partial charge is 0.385 e. The Morgan fingerprint density at radius 1 is 1.48 bits per heavy atom. The third-order valence-electron chi connectivity index (χ3n) is 4.21. The molecule has 5 heteroatoms. The first-order valence-electron chi connectivity index (χ1n) is 7.56. The van der Waals surface area contributed by atoms with E-state index in [0.29, 0.717) is 19.7 Å². The van der Waals surface area contributed by atoms with E-state index >= 15 is 0 Å². The van der Waals surface area contributed by atoms with Crippen molar-refractivity contribution in [1.29, 1.82) is 0 Å². The van der Waals surface area contributed by atoms with Gasteiger partial charge in [-0.2, -0.15) is 0 Å². The smallest absolute Gasteiger partial charge is 0.254 e. The molecule has 1 fully saturated rings. The molecule has 0 bridgehead atoms. The Kier molecular flexibility index (Phi) is 5.48. The van der Waals surface area contributed by atoms with Gasteiger partial charge >= 0.3 is 0 Å². The van der Waals surface area contributed by atoms with Gasteiger partial charge in [-0.05, 0) is 37.0 Å². The van der Waals surface area contributed by atoms with E-state index in [-0.39, 0.29) is 24.4 Å². The van der Waals surface area contributed by atoms with E-state index in [2.05, 4.69) is 18.3 Å². The van der Waals surface area contributed by atoms with Gasteiger partial charge in [0.15, 0.2) is 0 Å². The van der Waals surface area contributed by atoms with Gasteiger partial charge in [0.25, 0.3) is 5.91 Å². The van der Waals surface area contributed by atoms with Crippen molar-refractivity contribution in [1.82, 2.24) is 4.90 Å². The number of amides is 1. The van der Waals surface area contributed by atoms with Crippen LogP contribution >= 0.6 is 12.4 Å². The number of morpholine rings is 1. The van der Waals surface area contributed by atoms with Crippen LogP contribution in [0, 0.1) is 0 Å². The highest BCUT2D eigenvalue weighted by Crippen LogP contribution is 2.26. The zero-order valence-corrected chi connectivity index (χ0v) is 13.2. The van der Waals surface area contributed by atoms with Gasteiger partial charge in [0.1, 0.15) is 0 Å². The van der Waals surface area contributed by atoms with Gasteiger partial charge in [0, 0.05) is 30.9 Å². The summed E-state index contributed by atoms with van der Waals surface area (Å²) in [6, 6.07) is 6.01. The molecule has 1 aromatic carbocycles. The second kappa shape index (κ2) is 7.14. The van der Waals surface area contributed by atoms with Gasteiger partial charge in [-0.1, -0.05) is 13.0 Å². The molecule has 1 N–H and O–H groups in total. The molecular weight excluding hydrogens is 288 g/mol. The standard InChI is InChI=1S/C16H22N2O2.ClH/c1-2-12-11-18(9-10-20-12)16(19)14-5-3-7-15-13(14)6-4-8-17-15;/h3,5,7,12,17H,2,4,6,8-11H2,1H3;1H. The lowest BCUT2D eigenvalue weighted by atomic mass is 9.96. The number of carbonyl (C=O) groups is 1. The van der Waals surface area contributed by atoms with Crippen molar-refractivity contribution in [3.8, 4) is 0 Å². The van der Waals surface area contributed by atoms with Crippen molar-refractivity contribution in [3.63, 3.8) is 0 Å². The van der Waals surface area contributed by atoms with Crippen molar-refractivity contribution in [2.75, 3.05) is 31.6 Å². The summed E-state index contributed by atoms with van der Waals surface area (Å²) in [7, 11) is 0. The number of carbonyl (C=O) groups excluding carboxylic acids is 1. The van der Waals surface area contributed by atoms with Crippen LogP contribution in [0.25, 0.3) is 0 Å². The first kappa shape index (κ1) is 16.1. The van der Waals surface area contributed by atoms with E-state index < -0.39 is 0 Å². The molecule has 21 heavy (non-hydrogen) atoms. The molecule has 4 nitrogen and oxygen atoms in total. The van der Waals surface area contributed by atoms with Gasteiger partial charge < -0.3 is 15.0 Å². The SMILES string of the molecule is CCC1CN(C(=O)c2cccc3c2CCCN3)CCO1.Cl. The van der Waals surface area contributed by atoms with E-state index in [9.17, 15) is 4.79 Å². The van der Waals surface area contributed by atoms with Crippen LogP contribution in [0.3, 0.4) is 0 Å². The van der Waals surface area contributed by atoms with E-state index in [1.807, 2.05) is 17.0 Å². The maximum Gasteiger partial charge on any atom is 0.254 e. The summed E-state index contributed by atoms with van der Waals surface area (Å²) in [5.41, 5.74) is 3.18. The molecule has 0 aromatic heterocycles. The zero-order valence-electron chi connectivity index (χ0n) is 12.4. The molecule has 3 rings (SSSR count). The first-order chi connectivity index (χ1) is 9.79. The van der Waals surface area contributed by atoms with Crippen molar-refractivity contribution < 1.29 is 9.53 Å². The van der Waals surface area contributed by atoms with Crippen LogP contribution in [0.2, 0.25) is 0 Å². The third-order valence-corrected chi connectivity index (χ3v) is 4.21. The van der Waals surface area contributed by atoms with Crippen molar-refractivity contribution in [3.05, 3.63) is 29.3 Å². The summed E-state index contributed by atoms with van der Waals surface area (Å²) >= 11 is 0. The van der Waals surface area contributed by atoms with Crippen LogP contribution in [0.1, 0.15) is 35.7 Å². The summed E-state index contributed by atoms with van der Waals surface area (Å²) in [6.45, 7) is 5.17. The topological polar surface area (TPSA) is 41.6 Å². The number of rotatable bonds is 2. The molecule has 1 unspecified atom stereocenters.